The fourth-order valence-corrected chi connectivity index (χ4v) is 10.5. The standard InChI is InChI=1S/C60H41N/c1-60(44-23-9-4-10-24-44)55-30-16-15-27-51(55)53-29-17-31-56(59(53)60)61(45-34-36-48-43(38-45)33-32-40-18-11-12-25-47(40)48)46-35-37-50-49-26-13-14-28-52(49)57(41-19-5-2-6-20-41)58(54(50)39-46)42-21-7-3-8-22-42/h2-39H,1H3. The minimum absolute atomic E-state index is 0.405. The number of fused-ring (bicyclic) bond motifs is 9. The number of nitrogens with zero attached hydrogens (tertiary/aromatic N) is 1. The van der Waals surface area contributed by atoms with Crippen molar-refractivity contribution in [3.8, 4) is 33.4 Å². The van der Waals surface area contributed by atoms with E-state index < -0.39 is 5.41 Å². The predicted octanol–water partition coefficient (Wildman–Crippen LogP) is 16.4. The van der Waals surface area contributed by atoms with E-state index in [0.29, 0.717) is 0 Å². The molecule has 0 saturated heterocycles. The average molecular weight is 776 g/mol. The minimum atomic E-state index is -0.405. The summed E-state index contributed by atoms with van der Waals surface area (Å²) in [6.45, 7) is 2.42. The fourth-order valence-electron chi connectivity index (χ4n) is 10.5. The van der Waals surface area contributed by atoms with E-state index in [2.05, 4.69) is 242 Å². The lowest BCUT2D eigenvalue weighted by atomic mass is 9.73. The minimum Gasteiger partial charge on any atom is -0.310 e. The van der Waals surface area contributed by atoms with Crippen LogP contribution in [0, 0.1) is 0 Å². The molecule has 0 radical (unpaired) electrons. The van der Waals surface area contributed by atoms with Crippen LogP contribution in [-0.4, -0.2) is 0 Å². The van der Waals surface area contributed by atoms with Crippen LogP contribution in [0.3, 0.4) is 0 Å². The molecule has 1 unspecified atom stereocenters. The van der Waals surface area contributed by atoms with Crippen LogP contribution in [0.25, 0.3) is 76.5 Å². The van der Waals surface area contributed by atoms with E-state index in [9.17, 15) is 0 Å². The third-order valence-corrected chi connectivity index (χ3v) is 13.3. The second-order valence-electron chi connectivity index (χ2n) is 16.5. The molecule has 11 aromatic rings. The van der Waals surface area contributed by atoms with Gasteiger partial charge in [-0.1, -0.05) is 200 Å². The van der Waals surface area contributed by atoms with Crippen LogP contribution in [-0.2, 0) is 5.41 Å². The summed E-state index contributed by atoms with van der Waals surface area (Å²) < 4.78 is 0. The van der Waals surface area contributed by atoms with Gasteiger partial charge in [0.2, 0.25) is 0 Å². The van der Waals surface area contributed by atoms with Crippen molar-refractivity contribution in [2.75, 3.05) is 4.90 Å². The maximum atomic E-state index is 2.53. The fraction of sp³-hybridized carbons (Fsp3) is 0.0333. The van der Waals surface area contributed by atoms with Crippen LogP contribution in [0.5, 0.6) is 0 Å². The van der Waals surface area contributed by atoms with Gasteiger partial charge in [-0.25, -0.2) is 0 Å². The Bertz CT molecular complexity index is 3480. The van der Waals surface area contributed by atoms with Gasteiger partial charge < -0.3 is 4.90 Å². The highest BCUT2D eigenvalue weighted by molar-refractivity contribution is 6.22. The maximum absolute atomic E-state index is 2.53. The van der Waals surface area contributed by atoms with Gasteiger partial charge in [0.1, 0.15) is 0 Å². The molecule has 1 heteroatoms. The van der Waals surface area contributed by atoms with E-state index in [0.717, 1.165) is 11.4 Å². The molecule has 0 saturated carbocycles. The molecule has 0 spiro atoms. The molecule has 286 valence electrons. The van der Waals surface area contributed by atoms with Gasteiger partial charge in [0.15, 0.2) is 0 Å². The summed E-state index contributed by atoms with van der Waals surface area (Å²) in [6, 6.07) is 85.3. The van der Waals surface area contributed by atoms with Crippen molar-refractivity contribution in [2.24, 2.45) is 0 Å². The summed E-state index contributed by atoms with van der Waals surface area (Å²) in [4.78, 5) is 2.53. The molecule has 0 bridgehead atoms. The van der Waals surface area contributed by atoms with Crippen molar-refractivity contribution >= 4 is 60.2 Å². The second-order valence-corrected chi connectivity index (χ2v) is 16.5. The zero-order chi connectivity index (χ0) is 40.5. The van der Waals surface area contributed by atoms with E-state index in [1.54, 1.807) is 0 Å². The molecule has 1 nitrogen and oxygen atoms in total. The predicted molar refractivity (Wildman–Crippen MR) is 259 cm³/mol. The molecular formula is C60H41N. The molecule has 1 atom stereocenters. The summed E-state index contributed by atoms with van der Waals surface area (Å²) >= 11 is 0. The van der Waals surface area contributed by atoms with Crippen molar-refractivity contribution in [1.82, 2.24) is 0 Å². The number of hydrogen-bond donors (Lipinski definition) is 0. The van der Waals surface area contributed by atoms with Gasteiger partial charge in [0.25, 0.3) is 0 Å². The van der Waals surface area contributed by atoms with E-state index >= 15 is 0 Å². The summed E-state index contributed by atoms with van der Waals surface area (Å²) in [5, 5.41) is 9.95. The first-order valence-electron chi connectivity index (χ1n) is 21.3. The lowest BCUT2D eigenvalue weighted by Gasteiger charge is -2.35. The van der Waals surface area contributed by atoms with E-state index in [1.807, 2.05) is 0 Å². The van der Waals surface area contributed by atoms with Crippen molar-refractivity contribution in [1.29, 1.82) is 0 Å². The number of anilines is 3. The maximum Gasteiger partial charge on any atom is 0.0512 e. The van der Waals surface area contributed by atoms with Crippen molar-refractivity contribution in [3.05, 3.63) is 247 Å². The van der Waals surface area contributed by atoms with Crippen LogP contribution < -0.4 is 4.90 Å². The summed E-state index contributed by atoms with van der Waals surface area (Å²) in [6.07, 6.45) is 0. The SMILES string of the molecule is CC1(c2ccccc2)c2ccccc2-c2cccc(N(c3ccc4c(ccc5ccccc54)c3)c3ccc4c(c3)c(-c3ccccc3)c(-c3ccccc3)c3ccccc34)c21. The molecule has 0 heterocycles. The Morgan fingerprint density at radius 2 is 0.869 bits per heavy atom. The second kappa shape index (κ2) is 13.9. The first-order chi connectivity index (χ1) is 30.2. The van der Waals surface area contributed by atoms with Gasteiger partial charge in [-0.3, -0.25) is 0 Å². The molecule has 0 fully saturated rings. The third kappa shape index (κ3) is 5.41. The highest BCUT2D eigenvalue weighted by atomic mass is 15.1. The zero-order valence-corrected chi connectivity index (χ0v) is 33.9. The first-order valence-corrected chi connectivity index (χ1v) is 21.3. The Morgan fingerprint density at radius 3 is 1.62 bits per heavy atom. The highest BCUT2D eigenvalue weighted by Gasteiger charge is 2.43. The van der Waals surface area contributed by atoms with Gasteiger partial charge in [0, 0.05) is 16.8 Å². The smallest absolute Gasteiger partial charge is 0.0512 e. The molecule has 11 aromatic carbocycles. The lowest BCUT2D eigenvalue weighted by molar-refractivity contribution is 0.714. The quantitative estimate of drug-likeness (QED) is 0.152. The highest BCUT2D eigenvalue weighted by Crippen LogP contribution is 2.57. The molecule has 1 aliphatic rings. The van der Waals surface area contributed by atoms with Crippen molar-refractivity contribution < 1.29 is 0 Å². The third-order valence-electron chi connectivity index (χ3n) is 13.3. The molecule has 1 aliphatic carbocycles. The molecule has 0 aromatic heterocycles. The largest absolute Gasteiger partial charge is 0.310 e. The Kier molecular flexibility index (Phi) is 8.05. The summed E-state index contributed by atoms with van der Waals surface area (Å²) in [5.41, 5.74) is 14.4. The lowest BCUT2D eigenvalue weighted by Crippen LogP contribution is -2.25. The van der Waals surface area contributed by atoms with Crippen LogP contribution in [0.2, 0.25) is 0 Å². The zero-order valence-electron chi connectivity index (χ0n) is 33.9. The molecule has 61 heavy (non-hydrogen) atoms. The Balaban J connectivity index is 1.20. The average Bonchev–Trinajstić information content (AvgIpc) is 3.60. The van der Waals surface area contributed by atoms with Crippen LogP contribution >= 0.6 is 0 Å². The van der Waals surface area contributed by atoms with Gasteiger partial charge in [-0.2, -0.15) is 0 Å². The molecular weight excluding hydrogens is 735 g/mol. The summed E-state index contributed by atoms with van der Waals surface area (Å²) in [5.74, 6) is 0. The first kappa shape index (κ1) is 35.2. The molecule has 0 amide bonds. The van der Waals surface area contributed by atoms with Crippen LogP contribution in [0.1, 0.15) is 23.6 Å². The Labute approximate surface area is 356 Å². The van der Waals surface area contributed by atoms with Gasteiger partial charge >= 0.3 is 0 Å². The molecule has 0 N–H and O–H groups in total. The Morgan fingerprint density at radius 1 is 0.344 bits per heavy atom. The number of benzene rings is 11. The monoisotopic (exact) mass is 775 g/mol. The number of hydrogen-bond acceptors (Lipinski definition) is 1. The van der Waals surface area contributed by atoms with Gasteiger partial charge in [-0.15, -0.1) is 0 Å². The van der Waals surface area contributed by atoms with Crippen molar-refractivity contribution in [3.63, 3.8) is 0 Å². The normalized spacial score (nSPS) is 14.4. The molecule has 12 rings (SSSR count). The Hall–Kier alpha value is -7.74. The van der Waals surface area contributed by atoms with Crippen LogP contribution in [0.15, 0.2) is 231 Å². The van der Waals surface area contributed by atoms with E-state index in [4.69, 9.17) is 0 Å². The molecule has 0 aliphatic heterocycles. The van der Waals surface area contributed by atoms with Gasteiger partial charge in [-0.05, 0) is 130 Å². The van der Waals surface area contributed by atoms with Crippen molar-refractivity contribution in [2.45, 2.75) is 12.3 Å². The van der Waals surface area contributed by atoms with E-state index in [1.165, 1.54) is 98.8 Å². The number of rotatable bonds is 6. The van der Waals surface area contributed by atoms with Crippen LogP contribution in [0.4, 0.5) is 17.1 Å². The topological polar surface area (TPSA) is 3.24 Å². The van der Waals surface area contributed by atoms with Gasteiger partial charge in [0.05, 0.1) is 5.69 Å². The van der Waals surface area contributed by atoms with E-state index in [-0.39, 0.29) is 0 Å². The summed E-state index contributed by atoms with van der Waals surface area (Å²) in [7, 11) is 0.